The highest BCUT2D eigenvalue weighted by Gasteiger charge is 2.37. The van der Waals surface area contributed by atoms with Crippen LogP contribution in [0.3, 0.4) is 0 Å². The minimum Gasteiger partial charge on any atom is -0.309 e. The van der Waals surface area contributed by atoms with Crippen molar-refractivity contribution in [2.45, 2.75) is 19.3 Å². The molecule has 2 aromatic heterocycles. The lowest BCUT2D eigenvalue weighted by atomic mass is 9.82. The van der Waals surface area contributed by atoms with Crippen LogP contribution < -0.4 is 0 Å². The third-order valence-electron chi connectivity index (χ3n) is 12.8. The summed E-state index contributed by atoms with van der Waals surface area (Å²) in [4.78, 5) is 15.6. The fourth-order valence-electron chi connectivity index (χ4n) is 9.70. The minimum atomic E-state index is -0.185. The molecule has 0 saturated heterocycles. The van der Waals surface area contributed by atoms with Crippen molar-refractivity contribution in [2.75, 3.05) is 0 Å². The molecule has 1 aliphatic rings. The topological polar surface area (TPSA) is 43.6 Å². The van der Waals surface area contributed by atoms with Crippen LogP contribution in [0.2, 0.25) is 0 Å². The van der Waals surface area contributed by atoms with E-state index >= 15 is 0 Å². The largest absolute Gasteiger partial charge is 0.309 e. The van der Waals surface area contributed by atoms with Gasteiger partial charge in [0.05, 0.1) is 11.0 Å². The fraction of sp³-hybridized carbons (Fsp3) is 0.0517. The van der Waals surface area contributed by atoms with Crippen LogP contribution in [0.15, 0.2) is 206 Å². The minimum absolute atomic E-state index is 0.185. The third-order valence-corrected chi connectivity index (χ3v) is 12.8. The summed E-state index contributed by atoms with van der Waals surface area (Å²) in [6.45, 7) is 4.74. The van der Waals surface area contributed by atoms with Gasteiger partial charge in [0.2, 0.25) is 0 Å². The van der Waals surface area contributed by atoms with Crippen LogP contribution in [0.4, 0.5) is 0 Å². The predicted octanol–water partition coefficient (Wildman–Crippen LogP) is 14.8. The molecule has 0 atom stereocenters. The summed E-state index contributed by atoms with van der Waals surface area (Å²) >= 11 is 0. The van der Waals surface area contributed by atoms with Crippen molar-refractivity contribution >= 4 is 32.6 Å². The first-order valence-electron chi connectivity index (χ1n) is 21.3. The summed E-state index contributed by atoms with van der Waals surface area (Å²) in [5.74, 6) is 1.87. The Bertz CT molecular complexity index is 3510. The molecule has 4 heteroatoms. The average molecular weight is 793 g/mol. The lowest BCUT2D eigenvalue weighted by Gasteiger charge is -2.22. The normalized spacial score (nSPS) is 12.8. The maximum atomic E-state index is 5.27. The van der Waals surface area contributed by atoms with Gasteiger partial charge in [0.15, 0.2) is 17.5 Å². The fourth-order valence-corrected chi connectivity index (χ4v) is 9.70. The zero-order valence-corrected chi connectivity index (χ0v) is 34.4. The van der Waals surface area contributed by atoms with Crippen LogP contribution in [-0.4, -0.2) is 19.5 Å². The average Bonchev–Trinajstić information content (AvgIpc) is 3.78. The van der Waals surface area contributed by atoms with Crippen molar-refractivity contribution in [2.24, 2.45) is 0 Å². The third kappa shape index (κ3) is 5.79. The highest BCUT2D eigenvalue weighted by molar-refractivity contribution is 6.13. The second kappa shape index (κ2) is 14.1. The lowest BCUT2D eigenvalue weighted by molar-refractivity contribution is 0.661. The molecule has 12 rings (SSSR count). The molecular weight excluding hydrogens is 753 g/mol. The summed E-state index contributed by atoms with van der Waals surface area (Å²) < 4.78 is 2.45. The number of nitrogens with zero attached hydrogens (tertiary/aromatic N) is 4. The predicted molar refractivity (Wildman–Crippen MR) is 256 cm³/mol. The number of fused-ring (bicyclic) bond motifs is 8. The van der Waals surface area contributed by atoms with Crippen molar-refractivity contribution in [3.05, 3.63) is 217 Å². The Morgan fingerprint density at radius 2 is 0.871 bits per heavy atom. The summed E-state index contributed by atoms with van der Waals surface area (Å²) in [5, 5.41) is 5.02. The Kier molecular flexibility index (Phi) is 8.16. The Morgan fingerprint density at radius 1 is 0.355 bits per heavy atom. The number of para-hydroxylation sites is 1. The SMILES string of the molecule is CC1(C)c2cc3c(cc2-c2c1ccc1ccccc21)c1ccccc1n3-c1cc(-c2ccccc2)cc(-c2nc(-c3ccccc3)nc(-c3ccc(-c4ccccc4)cc3)n2)c1. The molecule has 0 spiro atoms. The van der Waals surface area contributed by atoms with Crippen molar-refractivity contribution < 1.29 is 0 Å². The van der Waals surface area contributed by atoms with E-state index in [9.17, 15) is 0 Å². The number of hydrogen-bond donors (Lipinski definition) is 0. The van der Waals surface area contributed by atoms with Gasteiger partial charge in [-0.2, -0.15) is 0 Å². The zero-order chi connectivity index (χ0) is 41.4. The summed E-state index contributed by atoms with van der Waals surface area (Å²) in [7, 11) is 0. The van der Waals surface area contributed by atoms with Gasteiger partial charge in [-0.25, -0.2) is 15.0 Å². The molecule has 1 aliphatic carbocycles. The Labute approximate surface area is 360 Å². The molecular formula is C58H40N4. The first kappa shape index (κ1) is 35.9. The number of rotatable bonds is 6. The highest BCUT2D eigenvalue weighted by atomic mass is 15.0. The molecule has 4 nitrogen and oxygen atoms in total. The van der Waals surface area contributed by atoms with Crippen LogP contribution in [0, 0.1) is 0 Å². The smallest absolute Gasteiger partial charge is 0.164 e. The van der Waals surface area contributed by atoms with Gasteiger partial charge in [0, 0.05) is 38.6 Å². The van der Waals surface area contributed by atoms with Gasteiger partial charge in [-0.3, -0.25) is 0 Å². The molecule has 0 bridgehead atoms. The molecule has 0 unspecified atom stereocenters. The Hall–Kier alpha value is -7.95. The molecule has 0 aliphatic heterocycles. The first-order valence-corrected chi connectivity index (χ1v) is 21.3. The Morgan fingerprint density at radius 3 is 1.56 bits per heavy atom. The summed E-state index contributed by atoms with van der Waals surface area (Å²) in [6, 6.07) is 73.7. The molecule has 0 N–H and O–H groups in total. The highest BCUT2D eigenvalue weighted by Crippen LogP contribution is 2.53. The number of benzene rings is 9. The van der Waals surface area contributed by atoms with Crippen molar-refractivity contribution in [1.82, 2.24) is 19.5 Å². The number of aromatic nitrogens is 4. The van der Waals surface area contributed by atoms with E-state index < -0.39 is 0 Å². The Balaban J connectivity index is 1.09. The van der Waals surface area contributed by atoms with E-state index in [-0.39, 0.29) is 5.41 Å². The molecule has 0 saturated carbocycles. The van der Waals surface area contributed by atoms with Crippen molar-refractivity contribution in [1.29, 1.82) is 0 Å². The van der Waals surface area contributed by atoms with E-state index in [4.69, 9.17) is 15.0 Å². The molecule has 0 amide bonds. The van der Waals surface area contributed by atoms with Crippen LogP contribution >= 0.6 is 0 Å². The molecule has 0 fully saturated rings. The second-order valence-electron chi connectivity index (χ2n) is 16.9. The van der Waals surface area contributed by atoms with Gasteiger partial charge in [0.1, 0.15) is 0 Å². The molecule has 2 heterocycles. The van der Waals surface area contributed by atoms with Crippen molar-refractivity contribution in [3.8, 4) is 73.2 Å². The van der Waals surface area contributed by atoms with Gasteiger partial charge >= 0.3 is 0 Å². The lowest BCUT2D eigenvalue weighted by Crippen LogP contribution is -2.15. The molecule has 292 valence electrons. The van der Waals surface area contributed by atoms with E-state index in [0.717, 1.165) is 44.6 Å². The maximum absolute atomic E-state index is 5.27. The molecule has 62 heavy (non-hydrogen) atoms. The van der Waals surface area contributed by atoms with Crippen molar-refractivity contribution in [3.63, 3.8) is 0 Å². The molecule has 9 aromatic carbocycles. The van der Waals surface area contributed by atoms with E-state index in [1.807, 2.05) is 24.3 Å². The van der Waals surface area contributed by atoms with Crippen LogP contribution in [0.5, 0.6) is 0 Å². The van der Waals surface area contributed by atoms with E-state index in [1.165, 1.54) is 54.9 Å². The monoisotopic (exact) mass is 792 g/mol. The van der Waals surface area contributed by atoms with Crippen LogP contribution in [0.25, 0.3) is 106 Å². The van der Waals surface area contributed by atoms with Crippen LogP contribution in [0.1, 0.15) is 25.0 Å². The van der Waals surface area contributed by atoms with E-state index in [2.05, 4.69) is 200 Å². The zero-order valence-electron chi connectivity index (χ0n) is 34.4. The van der Waals surface area contributed by atoms with Gasteiger partial charge in [-0.1, -0.05) is 184 Å². The molecule has 0 radical (unpaired) electrons. The van der Waals surface area contributed by atoms with Crippen LogP contribution in [-0.2, 0) is 5.41 Å². The quantitative estimate of drug-likeness (QED) is 0.168. The summed E-state index contributed by atoms with van der Waals surface area (Å²) in [6.07, 6.45) is 0. The maximum Gasteiger partial charge on any atom is 0.164 e. The standard InChI is InChI=1S/C58H40N4/c1-58(2)50-31-30-40-20-12-13-23-46(40)54(50)49-35-48-47-24-14-15-25-52(47)62(53(48)36-51(49)58)45-33-43(38-18-8-4-9-19-38)32-44(34-45)57-60-55(41-21-10-5-11-22-41)59-56(61-57)42-28-26-39(27-29-42)37-16-6-3-7-17-37/h3-36H,1-2H3. The van der Waals surface area contributed by atoms with E-state index in [0.29, 0.717) is 17.5 Å². The summed E-state index contributed by atoms with van der Waals surface area (Å²) in [5.41, 5.74) is 15.9. The van der Waals surface area contributed by atoms with Gasteiger partial charge in [-0.15, -0.1) is 0 Å². The molecule has 11 aromatic rings. The second-order valence-corrected chi connectivity index (χ2v) is 16.9. The first-order chi connectivity index (χ1) is 30.5. The van der Waals surface area contributed by atoms with Gasteiger partial charge in [0.25, 0.3) is 0 Å². The van der Waals surface area contributed by atoms with E-state index in [1.54, 1.807) is 0 Å². The van der Waals surface area contributed by atoms with Gasteiger partial charge in [-0.05, 0) is 91.7 Å². The van der Waals surface area contributed by atoms with Gasteiger partial charge < -0.3 is 4.57 Å². The number of hydrogen-bond acceptors (Lipinski definition) is 3.